The van der Waals surface area contributed by atoms with Gasteiger partial charge in [0.15, 0.2) is 5.96 Å². The SMILES string of the molecule is Cc1ccc(NC(N)=NCCCF)cc1. The molecule has 0 saturated heterocycles. The van der Waals surface area contributed by atoms with Crippen LogP contribution < -0.4 is 11.1 Å². The van der Waals surface area contributed by atoms with Gasteiger partial charge in [-0.1, -0.05) is 17.7 Å². The zero-order valence-electron chi connectivity index (χ0n) is 8.83. The molecule has 0 radical (unpaired) electrons. The Morgan fingerprint density at radius 3 is 2.67 bits per heavy atom. The number of benzene rings is 1. The van der Waals surface area contributed by atoms with Crippen LogP contribution in [0.15, 0.2) is 29.3 Å². The third-order valence-corrected chi connectivity index (χ3v) is 1.90. The lowest BCUT2D eigenvalue weighted by molar-refractivity contribution is 0.477. The van der Waals surface area contributed by atoms with Gasteiger partial charge in [0.1, 0.15) is 0 Å². The van der Waals surface area contributed by atoms with Crippen molar-refractivity contribution in [1.82, 2.24) is 0 Å². The second kappa shape index (κ2) is 6.01. The zero-order valence-corrected chi connectivity index (χ0v) is 8.83. The molecule has 0 aliphatic carbocycles. The van der Waals surface area contributed by atoms with Crippen LogP contribution in [0.5, 0.6) is 0 Å². The molecule has 3 nitrogen and oxygen atoms in total. The Bertz CT molecular complexity index is 319. The highest BCUT2D eigenvalue weighted by molar-refractivity contribution is 5.92. The van der Waals surface area contributed by atoms with E-state index in [1.807, 2.05) is 31.2 Å². The topological polar surface area (TPSA) is 50.4 Å². The van der Waals surface area contributed by atoms with Gasteiger partial charge < -0.3 is 11.1 Å². The molecule has 0 bridgehead atoms. The molecule has 3 N–H and O–H groups in total. The van der Waals surface area contributed by atoms with E-state index in [4.69, 9.17) is 5.73 Å². The van der Waals surface area contributed by atoms with Crippen LogP contribution in [0.4, 0.5) is 10.1 Å². The van der Waals surface area contributed by atoms with Crippen LogP contribution >= 0.6 is 0 Å². The molecule has 0 aliphatic rings. The monoisotopic (exact) mass is 209 g/mol. The van der Waals surface area contributed by atoms with Gasteiger partial charge in [-0.05, 0) is 25.5 Å². The summed E-state index contributed by atoms with van der Waals surface area (Å²) in [7, 11) is 0. The lowest BCUT2D eigenvalue weighted by Crippen LogP contribution is -2.22. The number of aryl methyl sites for hydroxylation is 1. The van der Waals surface area contributed by atoms with Gasteiger partial charge in [-0.3, -0.25) is 9.38 Å². The fraction of sp³-hybridized carbons (Fsp3) is 0.364. The number of nitrogens with two attached hydrogens (primary N) is 1. The van der Waals surface area contributed by atoms with E-state index in [0.29, 0.717) is 18.9 Å². The summed E-state index contributed by atoms with van der Waals surface area (Å²) >= 11 is 0. The summed E-state index contributed by atoms with van der Waals surface area (Å²) in [6.07, 6.45) is 0.413. The maximum Gasteiger partial charge on any atom is 0.193 e. The summed E-state index contributed by atoms with van der Waals surface area (Å²) in [6.45, 7) is 2.07. The first-order valence-electron chi connectivity index (χ1n) is 4.92. The Morgan fingerprint density at radius 1 is 1.40 bits per heavy atom. The molecule has 0 aromatic heterocycles. The molecule has 0 atom stereocenters. The van der Waals surface area contributed by atoms with Crippen molar-refractivity contribution >= 4 is 11.6 Å². The minimum absolute atomic E-state index is 0.326. The summed E-state index contributed by atoms with van der Waals surface area (Å²) in [5, 5.41) is 2.93. The Hall–Kier alpha value is -1.58. The molecular formula is C11H16FN3. The molecule has 4 heteroatoms. The van der Waals surface area contributed by atoms with Crippen LogP contribution in [0.25, 0.3) is 0 Å². The number of hydrogen-bond acceptors (Lipinski definition) is 1. The molecule has 0 aliphatic heterocycles. The quantitative estimate of drug-likeness (QED) is 0.453. The number of rotatable bonds is 4. The van der Waals surface area contributed by atoms with Crippen LogP contribution in [-0.2, 0) is 0 Å². The van der Waals surface area contributed by atoms with Crippen molar-refractivity contribution in [3.05, 3.63) is 29.8 Å². The summed E-state index contributed by atoms with van der Waals surface area (Å²) in [5.41, 5.74) is 7.68. The smallest absolute Gasteiger partial charge is 0.193 e. The van der Waals surface area contributed by atoms with Crippen LogP contribution in [0.2, 0.25) is 0 Å². The summed E-state index contributed by atoms with van der Waals surface area (Å²) in [4.78, 5) is 3.97. The maximum atomic E-state index is 11.8. The summed E-state index contributed by atoms with van der Waals surface area (Å²) < 4.78 is 11.8. The Labute approximate surface area is 89.2 Å². The van der Waals surface area contributed by atoms with E-state index < -0.39 is 0 Å². The van der Waals surface area contributed by atoms with E-state index in [-0.39, 0.29) is 6.67 Å². The van der Waals surface area contributed by atoms with Crippen LogP contribution in [-0.4, -0.2) is 19.2 Å². The van der Waals surface area contributed by atoms with E-state index in [0.717, 1.165) is 5.69 Å². The molecule has 0 unspecified atom stereocenters. The molecule has 0 spiro atoms. The molecule has 82 valence electrons. The van der Waals surface area contributed by atoms with Gasteiger partial charge in [-0.2, -0.15) is 0 Å². The van der Waals surface area contributed by atoms with Gasteiger partial charge in [-0.15, -0.1) is 0 Å². The van der Waals surface area contributed by atoms with E-state index in [1.54, 1.807) is 0 Å². The van der Waals surface area contributed by atoms with Gasteiger partial charge in [-0.25, -0.2) is 0 Å². The molecule has 0 fully saturated rings. The standard InChI is InChI=1S/C11H16FN3/c1-9-3-5-10(6-4-9)15-11(13)14-8-2-7-12/h3-6H,2,7-8H2,1H3,(H3,13,14,15). The fourth-order valence-corrected chi connectivity index (χ4v) is 1.08. The fourth-order valence-electron chi connectivity index (χ4n) is 1.08. The van der Waals surface area contributed by atoms with Crippen LogP contribution in [0.1, 0.15) is 12.0 Å². The third kappa shape index (κ3) is 4.44. The van der Waals surface area contributed by atoms with Gasteiger partial charge in [0.05, 0.1) is 6.67 Å². The molecule has 0 saturated carbocycles. The number of nitrogens with one attached hydrogen (secondary N) is 1. The number of halogens is 1. The minimum atomic E-state index is -0.360. The second-order valence-corrected chi connectivity index (χ2v) is 3.30. The number of alkyl halides is 1. The highest BCUT2D eigenvalue weighted by Gasteiger charge is 1.93. The number of hydrogen-bond donors (Lipinski definition) is 2. The van der Waals surface area contributed by atoms with Crippen molar-refractivity contribution in [2.45, 2.75) is 13.3 Å². The first-order chi connectivity index (χ1) is 7.22. The maximum absolute atomic E-state index is 11.8. The van der Waals surface area contributed by atoms with Crippen LogP contribution in [0.3, 0.4) is 0 Å². The van der Waals surface area contributed by atoms with Gasteiger partial charge in [0.2, 0.25) is 0 Å². The predicted octanol–water partition coefficient (Wildman–Crippen LogP) is 2.08. The van der Waals surface area contributed by atoms with Crippen molar-refractivity contribution in [1.29, 1.82) is 0 Å². The molecule has 0 heterocycles. The zero-order chi connectivity index (χ0) is 11.1. The number of anilines is 1. The number of nitrogens with zero attached hydrogens (tertiary/aromatic N) is 1. The van der Waals surface area contributed by atoms with Crippen molar-refractivity contribution in [2.24, 2.45) is 10.7 Å². The van der Waals surface area contributed by atoms with E-state index >= 15 is 0 Å². The van der Waals surface area contributed by atoms with Crippen molar-refractivity contribution in [2.75, 3.05) is 18.5 Å². The van der Waals surface area contributed by atoms with Crippen LogP contribution in [0, 0.1) is 6.92 Å². The Kier molecular flexibility index (Phi) is 4.60. The highest BCUT2D eigenvalue weighted by atomic mass is 19.1. The molecule has 15 heavy (non-hydrogen) atoms. The Balaban J connectivity index is 2.47. The first kappa shape index (κ1) is 11.5. The largest absolute Gasteiger partial charge is 0.370 e. The Morgan fingerprint density at radius 2 is 2.07 bits per heavy atom. The second-order valence-electron chi connectivity index (χ2n) is 3.30. The van der Waals surface area contributed by atoms with E-state index in [2.05, 4.69) is 10.3 Å². The molecule has 0 amide bonds. The van der Waals surface area contributed by atoms with E-state index in [9.17, 15) is 4.39 Å². The summed E-state index contributed by atoms with van der Waals surface area (Å²) in [5.74, 6) is 0.326. The molecule has 1 aromatic rings. The van der Waals surface area contributed by atoms with Crippen molar-refractivity contribution in [3.63, 3.8) is 0 Å². The lowest BCUT2D eigenvalue weighted by atomic mass is 10.2. The minimum Gasteiger partial charge on any atom is -0.370 e. The van der Waals surface area contributed by atoms with Gasteiger partial charge >= 0.3 is 0 Å². The van der Waals surface area contributed by atoms with Crippen molar-refractivity contribution in [3.8, 4) is 0 Å². The predicted molar refractivity (Wildman–Crippen MR) is 61.9 cm³/mol. The highest BCUT2D eigenvalue weighted by Crippen LogP contribution is 2.07. The average molecular weight is 209 g/mol. The first-order valence-corrected chi connectivity index (χ1v) is 4.92. The number of aliphatic imine (C=N–C) groups is 1. The van der Waals surface area contributed by atoms with Gasteiger partial charge in [0, 0.05) is 12.2 Å². The van der Waals surface area contributed by atoms with Gasteiger partial charge in [0.25, 0.3) is 0 Å². The molecular weight excluding hydrogens is 193 g/mol. The normalized spacial score (nSPS) is 11.5. The molecule has 1 aromatic carbocycles. The van der Waals surface area contributed by atoms with E-state index in [1.165, 1.54) is 5.56 Å². The van der Waals surface area contributed by atoms with Crippen molar-refractivity contribution < 1.29 is 4.39 Å². The third-order valence-electron chi connectivity index (χ3n) is 1.90. The molecule has 1 rings (SSSR count). The average Bonchev–Trinajstić information content (AvgIpc) is 2.22. The lowest BCUT2D eigenvalue weighted by Gasteiger charge is -2.05. The summed E-state index contributed by atoms with van der Waals surface area (Å²) in [6, 6.07) is 7.81. The number of guanidine groups is 1.